The van der Waals surface area contributed by atoms with Gasteiger partial charge in [-0.3, -0.25) is 4.72 Å². The van der Waals surface area contributed by atoms with Crippen LogP contribution < -0.4 is 9.46 Å². The summed E-state index contributed by atoms with van der Waals surface area (Å²) in [6, 6.07) is 5.91. The van der Waals surface area contributed by atoms with E-state index >= 15 is 0 Å². The summed E-state index contributed by atoms with van der Waals surface area (Å²) in [5.74, 6) is 0.0519. The second-order valence-electron chi connectivity index (χ2n) is 7.25. The van der Waals surface area contributed by atoms with Gasteiger partial charge in [-0.2, -0.15) is 0 Å². The van der Waals surface area contributed by atoms with Crippen LogP contribution in [0.5, 0.6) is 5.75 Å². The molecule has 0 radical (unpaired) electrons. The third-order valence-electron chi connectivity index (χ3n) is 5.30. The number of methoxy groups -OCH3 is 1. The van der Waals surface area contributed by atoms with E-state index in [9.17, 15) is 12.8 Å². The van der Waals surface area contributed by atoms with E-state index in [4.69, 9.17) is 16.3 Å². The van der Waals surface area contributed by atoms with Crippen molar-refractivity contribution >= 4 is 27.3 Å². The minimum atomic E-state index is -4.00. The Hall–Kier alpha value is -1.83. The van der Waals surface area contributed by atoms with Crippen molar-refractivity contribution in [3.05, 3.63) is 51.8 Å². The van der Waals surface area contributed by atoms with E-state index in [1.165, 1.54) is 0 Å². The molecular formula is C20H24ClFN2O3S. The summed E-state index contributed by atoms with van der Waals surface area (Å²) in [5.41, 5.74) is 2.72. The topological polar surface area (TPSA) is 58.6 Å². The standard InChI is InChI=1S/C20H24ClFN2O3S/c1-12-17(21)9-13(22)10-20(12)28(25,26)23-18-7-8-19(27-4)16-11-14(24(2)3)5-6-15(16)18/h7-10,14,23H,5-6,11H2,1-4H3. The lowest BCUT2D eigenvalue weighted by Gasteiger charge is -2.32. The maximum Gasteiger partial charge on any atom is 0.262 e. The highest BCUT2D eigenvalue weighted by Gasteiger charge is 2.28. The van der Waals surface area contributed by atoms with E-state index in [1.54, 1.807) is 26.2 Å². The van der Waals surface area contributed by atoms with Gasteiger partial charge in [-0.15, -0.1) is 0 Å². The molecule has 1 atom stereocenters. The first-order chi connectivity index (χ1) is 13.1. The SMILES string of the molecule is COc1ccc(NS(=O)(=O)c2cc(F)cc(Cl)c2C)c2c1CC(N(C)C)CC2. The average molecular weight is 427 g/mol. The van der Waals surface area contributed by atoms with Crippen LogP contribution in [0.4, 0.5) is 10.1 Å². The predicted octanol–water partition coefficient (Wildman–Crippen LogP) is 4.02. The molecule has 1 unspecified atom stereocenters. The first-order valence-corrected chi connectivity index (χ1v) is 10.8. The van der Waals surface area contributed by atoms with Crippen LogP contribution in [0.3, 0.4) is 0 Å². The van der Waals surface area contributed by atoms with Gasteiger partial charge < -0.3 is 9.64 Å². The lowest BCUT2D eigenvalue weighted by molar-refractivity contribution is 0.265. The fraction of sp³-hybridized carbons (Fsp3) is 0.400. The molecule has 2 aromatic rings. The quantitative estimate of drug-likeness (QED) is 0.784. The van der Waals surface area contributed by atoms with E-state index in [0.29, 0.717) is 17.3 Å². The molecule has 1 aliphatic carbocycles. The third-order valence-corrected chi connectivity index (χ3v) is 7.19. The van der Waals surface area contributed by atoms with Gasteiger partial charge in [0.05, 0.1) is 17.7 Å². The van der Waals surface area contributed by atoms with Crippen LogP contribution in [0, 0.1) is 12.7 Å². The monoisotopic (exact) mass is 426 g/mol. The predicted molar refractivity (Wildman–Crippen MR) is 109 cm³/mol. The number of hydrogen-bond donors (Lipinski definition) is 1. The summed E-state index contributed by atoms with van der Waals surface area (Å²) < 4.78 is 47.8. The van der Waals surface area contributed by atoms with Gasteiger partial charge in [0.2, 0.25) is 0 Å². The highest BCUT2D eigenvalue weighted by atomic mass is 35.5. The Balaban J connectivity index is 2.03. The Bertz CT molecular complexity index is 1010. The van der Waals surface area contributed by atoms with Crippen molar-refractivity contribution in [3.63, 3.8) is 0 Å². The molecule has 28 heavy (non-hydrogen) atoms. The molecule has 8 heteroatoms. The zero-order valence-corrected chi connectivity index (χ0v) is 17.9. The van der Waals surface area contributed by atoms with Crippen molar-refractivity contribution in [1.82, 2.24) is 4.90 Å². The van der Waals surface area contributed by atoms with Crippen molar-refractivity contribution < 1.29 is 17.5 Å². The van der Waals surface area contributed by atoms with Gasteiger partial charge in [0.1, 0.15) is 11.6 Å². The molecule has 0 bridgehead atoms. The van der Waals surface area contributed by atoms with Crippen LogP contribution in [0.15, 0.2) is 29.2 Å². The van der Waals surface area contributed by atoms with Gasteiger partial charge in [0.15, 0.2) is 0 Å². The lowest BCUT2D eigenvalue weighted by Crippen LogP contribution is -2.34. The van der Waals surface area contributed by atoms with Crippen LogP contribution in [0.2, 0.25) is 5.02 Å². The summed E-state index contributed by atoms with van der Waals surface area (Å²) in [7, 11) is 1.68. The number of nitrogens with zero attached hydrogens (tertiary/aromatic N) is 1. The Morgan fingerprint density at radius 2 is 1.96 bits per heavy atom. The lowest BCUT2D eigenvalue weighted by atomic mass is 9.86. The number of hydrogen-bond acceptors (Lipinski definition) is 4. The van der Waals surface area contributed by atoms with E-state index in [0.717, 1.165) is 48.3 Å². The molecule has 1 N–H and O–H groups in total. The molecule has 2 aromatic carbocycles. The number of likely N-dealkylation sites (N-methyl/N-ethyl adjacent to an activating group) is 1. The molecular weight excluding hydrogens is 403 g/mol. The number of anilines is 1. The van der Waals surface area contributed by atoms with Crippen molar-refractivity contribution in [2.24, 2.45) is 0 Å². The smallest absolute Gasteiger partial charge is 0.262 e. The molecule has 152 valence electrons. The Labute approximate surface area is 170 Å². The van der Waals surface area contributed by atoms with Crippen molar-refractivity contribution in [2.45, 2.75) is 37.1 Å². The summed E-state index contributed by atoms with van der Waals surface area (Å²) in [6.45, 7) is 1.56. The van der Waals surface area contributed by atoms with Gasteiger partial charge in [0.25, 0.3) is 10.0 Å². The molecule has 0 aromatic heterocycles. The molecule has 0 spiro atoms. The molecule has 0 saturated heterocycles. The minimum Gasteiger partial charge on any atom is -0.496 e. The van der Waals surface area contributed by atoms with E-state index in [2.05, 4.69) is 9.62 Å². The molecule has 0 fully saturated rings. The zero-order chi connectivity index (χ0) is 20.6. The largest absolute Gasteiger partial charge is 0.496 e. The van der Waals surface area contributed by atoms with Crippen LogP contribution >= 0.6 is 11.6 Å². The maximum atomic E-state index is 13.8. The number of nitrogens with one attached hydrogen (secondary N) is 1. The molecule has 1 aliphatic rings. The zero-order valence-electron chi connectivity index (χ0n) is 16.3. The first kappa shape index (κ1) is 20.9. The minimum absolute atomic E-state index is 0.0750. The normalized spacial score (nSPS) is 16.8. The highest BCUT2D eigenvalue weighted by molar-refractivity contribution is 7.92. The van der Waals surface area contributed by atoms with Gasteiger partial charge in [-0.25, -0.2) is 12.8 Å². The maximum absolute atomic E-state index is 13.8. The molecule has 0 aliphatic heterocycles. The third kappa shape index (κ3) is 3.97. The Morgan fingerprint density at radius 1 is 1.25 bits per heavy atom. The number of sulfonamides is 1. The van der Waals surface area contributed by atoms with Crippen LogP contribution in [-0.4, -0.2) is 40.6 Å². The molecule has 0 amide bonds. The number of halogens is 2. The first-order valence-electron chi connectivity index (χ1n) is 8.97. The molecule has 0 heterocycles. The molecule has 0 saturated carbocycles. The Morgan fingerprint density at radius 3 is 2.61 bits per heavy atom. The van der Waals surface area contributed by atoms with Gasteiger partial charge >= 0.3 is 0 Å². The number of ether oxygens (including phenoxy) is 1. The van der Waals surface area contributed by atoms with Gasteiger partial charge in [-0.05, 0) is 75.7 Å². The highest BCUT2D eigenvalue weighted by Crippen LogP contribution is 2.37. The summed E-state index contributed by atoms with van der Waals surface area (Å²) in [6.07, 6.45) is 2.40. The number of rotatable bonds is 5. The van der Waals surface area contributed by atoms with Gasteiger partial charge in [0, 0.05) is 16.6 Å². The summed E-state index contributed by atoms with van der Waals surface area (Å²) >= 11 is 5.98. The van der Waals surface area contributed by atoms with Crippen LogP contribution in [0.25, 0.3) is 0 Å². The average Bonchev–Trinajstić information content (AvgIpc) is 2.64. The van der Waals surface area contributed by atoms with E-state index < -0.39 is 15.8 Å². The van der Waals surface area contributed by atoms with Crippen molar-refractivity contribution in [1.29, 1.82) is 0 Å². The second-order valence-corrected chi connectivity index (χ2v) is 9.31. The fourth-order valence-electron chi connectivity index (χ4n) is 3.66. The summed E-state index contributed by atoms with van der Waals surface area (Å²) in [4.78, 5) is 2.00. The molecule has 3 rings (SSSR count). The van der Waals surface area contributed by atoms with Gasteiger partial charge in [-0.1, -0.05) is 11.6 Å². The van der Waals surface area contributed by atoms with E-state index in [1.807, 2.05) is 14.1 Å². The fourth-order valence-corrected chi connectivity index (χ4v) is 5.29. The summed E-state index contributed by atoms with van der Waals surface area (Å²) in [5, 5.41) is 0.0750. The van der Waals surface area contributed by atoms with Crippen molar-refractivity contribution in [3.8, 4) is 5.75 Å². The van der Waals surface area contributed by atoms with E-state index in [-0.39, 0.29) is 9.92 Å². The number of fused-ring (bicyclic) bond motifs is 1. The van der Waals surface area contributed by atoms with Crippen molar-refractivity contribution in [2.75, 3.05) is 25.9 Å². The number of benzene rings is 2. The van der Waals surface area contributed by atoms with Crippen LogP contribution in [-0.2, 0) is 22.9 Å². The molecule has 5 nitrogen and oxygen atoms in total. The van der Waals surface area contributed by atoms with Crippen LogP contribution in [0.1, 0.15) is 23.1 Å². The second kappa shape index (κ2) is 7.89. The Kier molecular flexibility index (Phi) is 5.89.